The quantitative estimate of drug-likeness (QED) is 0.481. The molecule has 0 radical (unpaired) electrons. The third-order valence-corrected chi connectivity index (χ3v) is 5.37. The van der Waals surface area contributed by atoms with Gasteiger partial charge in [0.05, 0.1) is 11.3 Å². The molecule has 0 amide bonds. The van der Waals surface area contributed by atoms with Gasteiger partial charge in [-0.05, 0) is 35.2 Å². The van der Waals surface area contributed by atoms with Crippen molar-refractivity contribution in [2.24, 2.45) is 0 Å². The van der Waals surface area contributed by atoms with Gasteiger partial charge in [-0.3, -0.25) is 9.36 Å². The van der Waals surface area contributed by atoms with Crippen molar-refractivity contribution in [2.75, 3.05) is 0 Å². The number of aryl methyl sites for hydroxylation is 1. The van der Waals surface area contributed by atoms with E-state index < -0.39 is 0 Å². The number of nitrogens with zero attached hydrogens (tertiary/aromatic N) is 6. The van der Waals surface area contributed by atoms with Crippen LogP contribution in [-0.2, 0) is 18.8 Å². The van der Waals surface area contributed by atoms with Gasteiger partial charge in [0.1, 0.15) is 4.70 Å². The first-order chi connectivity index (χ1) is 11.2. The Bertz CT molecular complexity index is 852. The minimum absolute atomic E-state index is 0.0283. The lowest BCUT2D eigenvalue weighted by atomic mass is 10.3. The molecule has 122 valence electrons. The Balaban J connectivity index is 1.84. The molecule has 0 aromatic carbocycles. The molecule has 0 unspecified atom stereocenters. The van der Waals surface area contributed by atoms with Gasteiger partial charge < -0.3 is 0 Å². The smallest absolute Gasteiger partial charge is 0.272 e. The predicted molar refractivity (Wildman–Crippen MR) is 91.8 cm³/mol. The Kier molecular flexibility index (Phi) is 5.06. The highest BCUT2D eigenvalue weighted by molar-refractivity contribution is 7.98. The Hall–Kier alpha value is -1.74. The lowest BCUT2D eigenvalue weighted by molar-refractivity contribution is 0.540. The van der Waals surface area contributed by atoms with Crippen LogP contribution in [0.1, 0.15) is 32.5 Å². The summed E-state index contributed by atoms with van der Waals surface area (Å²) in [7, 11) is 0. The molecule has 3 aromatic heterocycles. The fourth-order valence-corrected chi connectivity index (χ4v) is 4.02. The maximum absolute atomic E-state index is 12.5. The third-order valence-electron chi connectivity index (χ3n) is 3.51. The average Bonchev–Trinajstić information content (AvgIpc) is 3.20. The number of hydrogen-bond donors (Lipinski definition) is 0. The molecule has 0 atom stereocenters. The zero-order valence-corrected chi connectivity index (χ0v) is 14.7. The van der Waals surface area contributed by atoms with Crippen molar-refractivity contribution in [3.05, 3.63) is 27.6 Å². The number of fused-ring (bicyclic) bond motifs is 1. The van der Waals surface area contributed by atoms with Gasteiger partial charge in [0.25, 0.3) is 5.56 Å². The monoisotopic (exact) mass is 350 g/mol. The summed E-state index contributed by atoms with van der Waals surface area (Å²) in [5.41, 5.74) is 0.790. The number of rotatable bonds is 7. The molecule has 0 spiro atoms. The molecule has 0 saturated heterocycles. The van der Waals surface area contributed by atoms with Crippen LogP contribution in [0.2, 0.25) is 0 Å². The molecular formula is C14H18N6OS2. The van der Waals surface area contributed by atoms with E-state index in [0.717, 1.165) is 30.7 Å². The molecule has 3 rings (SSSR count). The van der Waals surface area contributed by atoms with Crippen LogP contribution < -0.4 is 5.56 Å². The summed E-state index contributed by atoms with van der Waals surface area (Å²) in [6, 6.07) is 1.89. The number of aromatic nitrogens is 6. The van der Waals surface area contributed by atoms with Gasteiger partial charge in [-0.1, -0.05) is 25.1 Å². The summed E-state index contributed by atoms with van der Waals surface area (Å²) in [4.78, 5) is 17.1. The lowest BCUT2D eigenvalue weighted by Gasteiger charge is -2.09. The van der Waals surface area contributed by atoms with Crippen LogP contribution in [0.25, 0.3) is 10.2 Å². The normalized spacial score (nSPS) is 11.4. The molecule has 3 aromatic rings. The largest absolute Gasteiger partial charge is 0.287 e. The third kappa shape index (κ3) is 3.30. The van der Waals surface area contributed by atoms with Crippen LogP contribution in [0.15, 0.2) is 21.4 Å². The molecule has 0 aliphatic rings. The number of hydrogen-bond acceptors (Lipinski definition) is 7. The Labute approximate surface area is 141 Å². The van der Waals surface area contributed by atoms with Gasteiger partial charge in [0.2, 0.25) is 0 Å². The number of thiophene rings is 1. The van der Waals surface area contributed by atoms with Crippen LogP contribution in [0.4, 0.5) is 0 Å². The van der Waals surface area contributed by atoms with Gasteiger partial charge in [-0.2, -0.15) is 0 Å². The topological polar surface area (TPSA) is 78.5 Å². The summed E-state index contributed by atoms with van der Waals surface area (Å²) >= 11 is 2.94. The van der Waals surface area contributed by atoms with E-state index in [9.17, 15) is 4.79 Å². The van der Waals surface area contributed by atoms with Crippen molar-refractivity contribution in [1.29, 1.82) is 0 Å². The van der Waals surface area contributed by atoms with Crippen LogP contribution in [0, 0.1) is 0 Å². The fraction of sp³-hybridized carbons (Fsp3) is 0.500. The second-order valence-corrected chi connectivity index (χ2v) is 6.90. The van der Waals surface area contributed by atoms with Crippen molar-refractivity contribution in [1.82, 2.24) is 29.8 Å². The highest BCUT2D eigenvalue weighted by Gasteiger charge is 2.13. The van der Waals surface area contributed by atoms with Crippen LogP contribution in [0.5, 0.6) is 0 Å². The maximum atomic E-state index is 12.5. The van der Waals surface area contributed by atoms with Gasteiger partial charge in [-0.15, -0.1) is 16.4 Å². The lowest BCUT2D eigenvalue weighted by Crippen LogP contribution is -2.21. The van der Waals surface area contributed by atoms with E-state index in [2.05, 4.69) is 27.4 Å². The van der Waals surface area contributed by atoms with Crippen molar-refractivity contribution >= 4 is 33.3 Å². The van der Waals surface area contributed by atoms with E-state index in [-0.39, 0.29) is 5.56 Å². The number of unbranched alkanes of at least 4 members (excludes halogenated alkanes) is 1. The fourth-order valence-electron chi connectivity index (χ4n) is 2.25. The van der Waals surface area contributed by atoms with Crippen LogP contribution in [0.3, 0.4) is 0 Å². The Morgan fingerprint density at radius 3 is 3.00 bits per heavy atom. The SMILES string of the molecule is CCCCn1nnnc1CSc1nc2ccsc2c(=O)n1CC. The summed E-state index contributed by atoms with van der Waals surface area (Å²) < 4.78 is 4.25. The van der Waals surface area contributed by atoms with E-state index in [1.807, 2.05) is 23.1 Å². The van der Waals surface area contributed by atoms with Crippen molar-refractivity contribution in [3.63, 3.8) is 0 Å². The molecule has 9 heteroatoms. The highest BCUT2D eigenvalue weighted by atomic mass is 32.2. The van der Waals surface area contributed by atoms with Crippen molar-refractivity contribution in [3.8, 4) is 0 Å². The van der Waals surface area contributed by atoms with Crippen molar-refractivity contribution < 1.29 is 0 Å². The molecule has 23 heavy (non-hydrogen) atoms. The van der Waals surface area contributed by atoms with E-state index in [1.54, 1.807) is 4.57 Å². The van der Waals surface area contributed by atoms with Gasteiger partial charge in [0.15, 0.2) is 11.0 Å². The molecule has 3 heterocycles. The maximum Gasteiger partial charge on any atom is 0.272 e. The van der Waals surface area contributed by atoms with E-state index in [4.69, 9.17) is 0 Å². The Morgan fingerprint density at radius 2 is 2.22 bits per heavy atom. The molecule has 0 aliphatic carbocycles. The Morgan fingerprint density at radius 1 is 1.35 bits per heavy atom. The number of tetrazole rings is 1. The second-order valence-electron chi connectivity index (χ2n) is 5.04. The van der Waals surface area contributed by atoms with Crippen LogP contribution >= 0.6 is 23.1 Å². The zero-order chi connectivity index (χ0) is 16.2. The van der Waals surface area contributed by atoms with Gasteiger partial charge >= 0.3 is 0 Å². The average molecular weight is 350 g/mol. The minimum atomic E-state index is 0.0283. The molecule has 0 fully saturated rings. The standard InChI is InChI=1S/C14H18N6OS2/c1-3-5-7-20-11(16-17-18-20)9-23-14-15-10-6-8-22-12(10)13(21)19(14)4-2/h6,8H,3-5,7,9H2,1-2H3. The molecule has 0 aliphatic heterocycles. The molecule has 0 N–H and O–H groups in total. The minimum Gasteiger partial charge on any atom is -0.287 e. The molecular weight excluding hydrogens is 332 g/mol. The molecule has 0 saturated carbocycles. The van der Waals surface area contributed by atoms with Crippen LogP contribution in [-0.4, -0.2) is 29.8 Å². The first-order valence-corrected chi connectivity index (χ1v) is 9.47. The summed E-state index contributed by atoms with van der Waals surface area (Å²) in [5, 5.41) is 14.5. The molecule has 7 nitrogen and oxygen atoms in total. The second kappa shape index (κ2) is 7.22. The number of thioether (sulfide) groups is 1. The van der Waals surface area contributed by atoms with Gasteiger partial charge in [0, 0.05) is 13.1 Å². The molecule has 0 bridgehead atoms. The summed E-state index contributed by atoms with van der Waals surface area (Å²) in [6.07, 6.45) is 2.14. The van der Waals surface area contributed by atoms with Gasteiger partial charge in [-0.25, -0.2) is 9.67 Å². The summed E-state index contributed by atoms with van der Waals surface area (Å²) in [5.74, 6) is 1.41. The van der Waals surface area contributed by atoms with Crippen molar-refractivity contribution in [2.45, 2.75) is 50.7 Å². The van der Waals surface area contributed by atoms with E-state index in [0.29, 0.717) is 22.2 Å². The van der Waals surface area contributed by atoms with E-state index in [1.165, 1.54) is 23.1 Å². The van der Waals surface area contributed by atoms with E-state index >= 15 is 0 Å². The predicted octanol–water partition coefficient (Wildman–Crippen LogP) is 2.56. The summed E-state index contributed by atoms with van der Waals surface area (Å²) in [6.45, 7) is 5.51. The highest BCUT2D eigenvalue weighted by Crippen LogP contribution is 2.23. The first kappa shape index (κ1) is 16.1. The zero-order valence-electron chi connectivity index (χ0n) is 13.1. The first-order valence-electron chi connectivity index (χ1n) is 7.60.